The standard InChI is InChI=1S/C23H25N5O3S2/c1-28-21(14-9-10-17(30-2)18(11-14)31-3)26-27-23(28)32-13-20(29)25-22-16(12-24)15-7-5-4-6-8-19(15)33-22/h9-11H,4-8,13H2,1-3H3,(H,25,29). The third-order valence-corrected chi connectivity index (χ3v) is 7.82. The van der Waals surface area contributed by atoms with Crippen LogP contribution in [0.5, 0.6) is 11.5 Å². The monoisotopic (exact) mass is 483 g/mol. The van der Waals surface area contributed by atoms with Crippen molar-refractivity contribution in [3.63, 3.8) is 0 Å². The summed E-state index contributed by atoms with van der Waals surface area (Å²) < 4.78 is 12.5. The Hall–Kier alpha value is -3.03. The Balaban J connectivity index is 1.44. The number of thiophene rings is 1. The van der Waals surface area contributed by atoms with Crippen LogP contribution < -0.4 is 14.8 Å². The van der Waals surface area contributed by atoms with Crippen LogP contribution in [0.3, 0.4) is 0 Å². The highest BCUT2D eigenvalue weighted by Crippen LogP contribution is 2.37. The minimum Gasteiger partial charge on any atom is -0.493 e. The summed E-state index contributed by atoms with van der Waals surface area (Å²) in [5.74, 6) is 1.91. The third kappa shape index (κ3) is 4.84. The number of nitriles is 1. The van der Waals surface area contributed by atoms with E-state index in [1.165, 1.54) is 23.1 Å². The summed E-state index contributed by atoms with van der Waals surface area (Å²) >= 11 is 2.84. The van der Waals surface area contributed by atoms with Gasteiger partial charge in [0.1, 0.15) is 11.1 Å². The number of ether oxygens (including phenoxy) is 2. The Labute approximate surface area is 200 Å². The molecule has 0 saturated heterocycles. The van der Waals surface area contributed by atoms with Crippen LogP contribution in [0, 0.1) is 11.3 Å². The van der Waals surface area contributed by atoms with Crippen molar-refractivity contribution in [3.8, 4) is 29.0 Å². The molecule has 1 aliphatic carbocycles. The zero-order valence-corrected chi connectivity index (χ0v) is 20.4. The number of benzene rings is 1. The van der Waals surface area contributed by atoms with E-state index >= 15 is 0 Å². The van der Waals surface area contributed by atoms with Gasteiger partial charge in [0.2, 0.25) is 5.91 Å². The van der Waals surface area contributed by atoms with Crippen LogP contribution in [-0.2, 0) is 24.7 Å². The van der Waals surface area contributed by atoms with Gasteiger partial charge in [-0.3, -0.25) is 4.79 Å². The number of nitrogens with zero attached hydrogens (tertiary/aromatic N) is 4. The highest BCUT2D eigenvalue weighted by atomic mass is 32.2. The first-order valence-electron chi connectivity index (χ1n) is 10.6. The molecule has 3 aromatic rings. The van der Waals surface area contributed by atoms with Crippen LogP contribution in [0.2, 0.25) is 0 Å². The lowest BCUT2D eigenvalue weighted by atomic mass is 10.1. The fraction of sp³-hybridized carbons (Fsp3) is 0.391. The van der Waals surface area contributed by atoms with E-state index in [4.69, 9.17) is 9.47 Å². The lowest BCUT2D eigenvalue weighted by Crippen LogP contribution is -2.14. The van der Waals surface area contributed by atoms with Crippen LogP contribution in [0.4, 0.5) is 5.00 Å². The molecule has 0 unspecified atom stereocenters. The number of hydrogen-bond donors (Lipinski definition) is 1. The number of fused-ring (bicyclic) bond motifs is 1. The highest BCUT2D eigenvalue weighted by molar-refractivity contribution is 7.99. The number of carbonyl (C=O) groups is 1. The largest absolute Gasteiger partial charge is 0.493 e. The molecule has 1 aliphatic rings. The molecule has 10 heteroatoms. The van der Waals surface area contributed by atoms with Crippen molar-refractivity contribution in [2.75, 3.05) is 25.3 Å². The lowest BCUT2D eigenvalue weighted by Gasteiger charge is -2.09. The van der Waals surface area contributed by atoms with Gasteiger partial charge in [-0.05, 0) is 49.4 Å². The van der Waals surface area contributed by atoms with E-state index in [-0.39, 0.29) is 11.7 Å². The molecule has 2 aromatic heterocycles. The minimum absolute atomic E-state index is 0.163. The van der Waals surface area contributed by atoms with Crippen molar-refractivity contribution in [2.45, 2.75) is 37.3 Å². The number of methoxy groups -OCH3 is 2. The second-order valence-electron chi connectivity index (χ2n) is 7.65. The first kappa shape index (κ1) is 23.1. The number of aryl methyl sites for hydroxylation is 1. The van der Waals surface area contributed by atoms with Crippen molar-refractivity contribution < 1.29 is 14.3 Å². The molecule has 0 radical (unpaired) electrons. The van der Waals surface area contributed by atoms with Crippen molar-refractivity contribution in [2.24, 2.45) is 7.05 Å². The summed E-state index contributed by atoms with van der Waals surface area (Å²) in [5, 5.41) is 22.4. The molecule has 0 saturated carbocycles. The Morgan fingerprint density at radius 2 is 2.00 bits per heavy atom. The molecule has 1 N–H and O–H groups in total. The SMILES string of the molecule is COc1ccc(-c2nnc(SCC(=O)Nc3sc4c(c3C#N)CCCCC4)n2C)cc1OC. The average Bonchev–Trinajstić information content (AvgIpc) is 3.26. The van der Waals surface area contributed by atoms with Crippen LogP contribution in [0.15, 0.2) is 23.4 Å². The third-order valence-electron chi connectivity index (χ3n) is 5.60. The summed E-state index contributed by atoms with van der Waals surface area (Å²) in [6, 6.07) is 7.85. The van der Waals surface area contributed by atoms with Gasteiger partial charge in [-0.25, -0.2) is 0 Å². The summed E-state index contributed by atoms with van der Waals surface area (Å²) in [4.78, 5) is 13.9. The Morgan fingerprint density at radius 3 is 2.76 bits per heavy atom. The zero-order valence-electron chi connectivity index (χ0n) is 18.8. The maximum atomic E-state index is 12.7. The van der Waals surface area contributed by atoms with Crippen LogP contribution in [0.1, 0.15) is 35.3 Å². The first-order valence-corrected chi connectivity index (χ1v) is 12.4. The van der Waals surface area contributed by atoms with Crippen LogP contribution >= 0.6 is 23.1 Å². The molecule has 1 aromatic carbocycles. The predicted molar refractivity (Wildman–Crippen MR) is 129 cm³/mol. The molecule has 0 fully saturated rings. The Kier molecular flexibility index (Phi) is 7.20. The number of aromatic nitrogens is 3. The molecule has 33 heavy (non-hydrogen) atoms. The number of amides is 1. The summed E-state index contributed by atoms with van der Waals surface area (Å²) in [5.41, 5.74) is 2.58. The van der Waals surface area contributed by atoms with Gasteiger partial charge in [-0.15, -0.1) is 21.5 Å². The van der Waals surface area contributed by atoms with Crippen molar-refractivity contribution in [3.05, 3.63) is 34.2 Å². The van der Waals surface area contributed by atoms with E-state index in [1.807, 2.05) is 29.8 Å². The van der Waals surface area contributed by atoms with E-state index in [0.29, 0.717) is 33.0 Å². The Bertz CT molecular complexity index is 1210. The topological polar surface area (TPSA) is 102 Å². The van der Waals surface area contributed by atoms with E-state index in [9.17, 15) is 10.1 Å². The van der Waals surface area contributed by atoms with Gasteiger partial charge in [0, 0.05) is 17.5 Å². The number of nitrogens with one attached hydrogen (secondary N) is 1. The van der Waals surface area contributed by atoms with Gasteiger partial charge < -0.3 is 19.4 Å². The van der Waals surface area contributed by atoms with Crippen molar-refractivity contribution >= 4 is 34.0 Å². The summed E-state index contributed by atoms with van der Waals surface area (Å²) in [6.07, 6.45) is 5.31. The second kappa shape index (κ2) is 10.3. The van der Waals surface area contributed by atoms with Gasteiger partial charge in [0.25, 0.3) is 0 Å². The fourth-order valence-corrected chi connectivity index (χ4v) is 5.88. The van der Waals surface area contributed by atoms with Crippen LogP contribution in [-0.4, -0.2) is 40.6 Å². The Morgan fingerprint density at radius 1 is 1.21 bits per heavy atom. The maximum Gasteiger partial charge on any atom is 0.235 e. The zero-order chi connectivity index (χ0) is 23.4. The smallest absolute Gasteiger partial charge is 0.235 e. The van der Waals surface area contributed by atoms with Crippen molar-refractivity contribution in [1.82, 2.24) is 14.8 Å². The first-order chi connectivity index (χ1) is 16.0. The molecular formula is C23H25N5O3S2. The number of anilines is 1. The van der Waals surface area contributed by atoms with Gasteiger partial charge >= 0.3 is 0 Å². The average molecular weight is 484 g/mol. The maximum absolute atomic E-state index is 12.7. The van der Waals surface area contributed by atoms with Crippen LogP contribution in [0.25, 0.3) is 11.4 Å². The molecule has 8 nitrogen and oxygen atoms in total. The van der Waals surface area contributed by atoms with Gasteiger partial charge in [-0.1, -0.05) is 18.2 Å². The van der Waals surface area contributed by atoms with E-state index < -0.39 is 0 Å². The second-order valence-corrected chi connectivity index (χ2v) is 9.70. The minimum atomic E-state index is -0.163. The normalized spacial score (nSPS) is 13.0. The number of rotatable bonds is 7. The number of thioether (sulfide) groups is 1. The molecule has 4 rings (SSSR count). The van der Waals surface area contributed by atoms with E-state index in [1.54, 1.807) is 25.6 Å². The van der Waals surface area contributed by atoms with Crippen molar-refractivity contribution in [1.29, 1.82) is 5.26 Å². The molecule has 0 aliphatic heterocycles. The predicted octanol–water partition coefficient (Wildman–Crippen LogP) is 4.43. The quantitative estimate of drug-likeness (QED) is 0.392. The molecular weight excluding hydrogens is 458 g/mol. The molecule has 0 bridgehead atoms. The molecule has 0 atom stereocenters. The number of carbonyl (C=O) groups excluding carboxylic acids is 1. The summed E-state index contributed by atoms with van der Waals surface area (Å²) in [6.45, 7) is 0. The lowest BCUT2D eigenvalue weighted by molar-refractivity contribution is -0.113. The molecule has 1 amide bonds. The molecule has 2 heterocycles. The van der Waals surface area contributed by atoms with Gasteiger partial charge in [0.05, 0.1) is 25.5 Å². The molecule has 0 spiro atoms. The van der Waals surface area contributed by atoms with E-state index in [0.717, 1.165) is 36.8 Å². The highest BCUT2D eigenvalue weighted by Gasteiger charge is 2.21. The van der Waals surface area contributed by atoms with Gasteiger partial charge in [-0.2, -0.15) is 5.26 Å². The molecule has 172 valence electrons. The fourth-order valence-electron chi connectivity index (χ4n) is 3.91. The summed E-state index contributed by atoms with van der Waals surface area (Å²) in [7, 11) is 5.03. The number of hydrogen-bond acceptors (Lipinski definition) is 8. The van der Waals surface area contributed by atoms with E-state index in [2.05, 4.69) is 21.6 Å². The van der Waals surface area contributed by atoms with Gasteiger partial charge in [0.15, 0.2) is 22.5 Å².